The molecule has 0 bridgehead atoms. The second-order valence-corrected chi connectivity index (χ2v) is 7.14. The summed E-state index contributed by atoms with van der Waals surface area (Å²) >= 11 is 0. The van der Waals surface area contributed by atoms with Crippen LogP contribution >= 0.6 is 0 Å². The summed E-state index contributed by atoms with van der Waals surface area (Å²) in [6.45, 7) is 5.06. The molecule has 8 heteroatoms. The number of nitrogens with one attached hydrogen (secondary N) is 1. The molecule has 0 aromatic heterocycles. The second-order valence-electron chi connectivity index (χ2n) is 7.14. The van der Waals surface area contributed by atoms with Crippen molar-refractivity contribution in [2.75, 3.05) is 24.3 Å². The molecule has 0 heterocycles. The van der Waals surface area contributed by atoms with Gasteiger partial charge in [0.2, 0.25) is 0 Å². The first-order chi connectivity index (χ1) is 12.5. The van der Waals surface area contributed by atoms with E-state index in [1.54, 1.807) is 58.0 Å². The van der Waals surface area contributed by atoms with Gasteiger partial charge in [-0.2, -0.15) is 0 Å². The standard InChI is InChI=1S/C19H22FN3O4/c1-19(2,3)27-18(24)21-15-11-16(22(4)5)13(10-17(15)23(25)26)12-8-6-7-9-14(12)20/h6-11H,1-5H3,(H,21,24). The Morgan fingerprint density at radius 3 is 2.33 bits per heavy atom. The van der Waals surface area contributed by atoms with Crippen molar-refractivity contribution in [1.29, 1.82) is 0 Å². The average Bonchev–Trinajstić information content (AvgIpc) is 2.53. The molecule has 0 spiro atoms. The van der Waals surface area contributed by atoms with Crippen LogP contribution in [-0.2, 0) is 4.74 Å². The maximum atomic E-state index is 14.3. The Morgan fingerprint density at radius 2 is 1.81 bits per heavy atom. The van der Waals surface area contributed by atoms with Crippen molar-refractivity contribution >= 4 is 23.2 Å². The predicted octanol–water partition coefficient (Wildman–Crippen LogP) is 4.81. The number of nitro groups is 1. The number of hydrogen-bond donors (Lipinski definition) is 1. The van der Waals surface area contributed by atoms with Crippen LogP contribution in [0.2, 0.25) is 0 Å². The van der Waals surface area contributed by atoms with E-state index >= 15 is 0 Å². The number of rotatable bonds is 4. The van der Waals surface area contributed by atoms with E-state index in [0.717, 1.165) is 0 Å². The summed E-state index contributed by atoms with van der Waals surface area (Å²) < 4.78 is 19.4. The Labute approximate surface area is 156 Å². The van der Waals surface area contributed by atoms with Crippen LogP contribution in [0, 0.1) is 15.9 Å². The lowest BCUT2D eigenvalue weighted by molar-refractivity contribution is -0.383. The zero-order valence-electron chi connectivity index (χ0n) is 15.9. The minimum atomic E-state index is -0.811. The summed E-state index contributed by atoms with van der Waals surface area (Å²) in [6, 6.07) is 8.71. The molecule has 0 aliphatic carbocycles. The van der Waals surface area contributed by atoms with E-state index in [9.17, 15) is 19.3 Å². The lowest BCUT2D eigenvalue weighted by atomic mass is 10.0. The number of ether oxygens (including phenoxy) is 1. The Bertz CT molecular complexity index is 876. The molecule has 0 saturated carbocycles. The van der Waals surface area contributed by atoms with Crippen molar-refractivity contribution in [3.63, 3.8) is 0 Å². The summed E-state index contributed by atoms with van der Waals surface area (Å²) in [5.74, 6) is -0.497. The minimum absolute atomic E-state index is 0.0296. The third-order valence-corrected chi connectivity index (χ3v) is 3.59. The summed E-state index contributed by atoms with van der Waals surface area (Å²) in [4.78, 5) is 24.7. The monoisotopic (exact) mass is 375 g/mol. The number of nitrogens with zero attached hydrogens (tertiary/aromatic N) is 2. The first kappa shape index (κ1) is 20.2. The van der Waals surface area contributed by atoms with Crippen molar-refractivity contribution in [3.05, 3.63) is 52.3 Å². The van der Waals surface area contributed by atoms with Crippen molar-refractivity contribution in [2.45, 2.75) is 26.4 Å². The number of carbonyl (C=O) groups excluding carboxylic acids is 1. The molecule has 0 atom stereocenters. The fourth-order valence-corrected chi connectivity index (χ4v) is 2.51. The normalized spacial score (nSPS) is 11.0. The van der Waals surface area contributed by atoms with Crippen molar-refractivity contribution in [1.82, 2.24) is 0 Å². The highest BCUT2D eigenvalue weighted by molar-refractivity contribution is 5.93. The first-order valence-electron chi connectivity index (χ1n) is 8.24. The van der Waals surface area contributed by atoms with Crippen LogP contribution in [0.1, 0.15) is 20.8 Å². The van der Waals surface area contributed by atoms with Gasteiger partial charge < -0.3 is 9.64 Å². The van der Waals surface area contributed by atoms with E-state index in [1.165, 1.54) is 18.2 Å². The molecule has 0 aliphatic heterocycles. The molecule has 0 fully saturated rings. The molecule has 7 nitrogen and oxygen atoms in total. The van der Waals surface area contributed by atoms with Crippen LogP contribution in [0.25, 0.3) is 11.1 Å². The number of carbonyl (C=O) groups is 1. The number of nitro benzene ring substituents is 1. The number of halogens is 1. The third-order valence-electron chi connectivity index (χ3n) is 3.59. The van der Waals surface area contributed by atoms with Crippen LogP contribution in [0.4, 0.5) is 26.2 Å². The van der Waals surface area contributed by atoms with E-state index in [1.807, 2.05) is 0 Å². The topological polar surface area (TPSA) is 84.7 Å². The van der Waals surface area contributed by atoms with E-state index in [2.05, 4.69) is 5.32 Å². The molecule has 0 unspecified atom stereocenters. The Balaban J connectivity index is 2.59. The van der Waals surface area contributed by atoms with E-state index in [4.69, 9.17) is 4.74 Å². The van der Waals surface area contributed by atoms with E-state index < -0.39 is 22.4 Å². The first-order valence-corrected chi connectivity index (χ1v) is 8.24. The highest BCUT2D eigenvalue weighted by Crippen LogP contribution is 2.39. The van der Waals surface area contributed by atoms with Gasteiger partial charge in [-0.05, 0) is 32.9 Å². The van der Waals surface area contributed by atoms with E-state index in [-0.39, 0.29) is 16.9 Å². The lowest BCUT2D eigenvalue weighted by Gasteiger charge is -2.22. The van der Waals surface area contributed by atoms with Crippen LogP contribution < -0.4 is 10.2 Å². The molecule has 0 radical (unpaired) electrons. The molecule has 2 aromatic carbocycles. The van der Waals surface area contributed by atoms with Crippen LogP contribution in [0.3, 0.4) is 0 Å². The Hall–Kier alpha value is -3.16. The van der Waals surface area contributed by atoms with E-state index in [0.29, 0.717) is 11.3 Å². The largest absolute Gasteiger partial charge is 0.444 e. The highest BCUT2D eigenvalue weighted by atomic mass is 19.1. The second kappa shape index (κ2) is 7.61. The molecule has 0 saturated heterocycles. The number of hydrogen-bond acceptors (Lipinski definition) is 5. The quantitative estimate of drug-likeness (QED) is 0.612. The summed E-state index contributed by atoms with van der Waals surface area (Å²) in [5, 5.41) is 14.0. The molecule has 1 N–H and O–H groups in total. The molecule has 144 valence electrons. The predicted molar refractivity (Wildman–Crippen MR) is 103 cm³/mol. The van der Waals surface area contributed by atoms with Gasteiger partial charge in [-0.15, -0.1) is 0 Å². The summed E-state index contributed by atoms with van der Waals surface area (Å²) in [5.41, 5.74) is -0.0525. The molecule has 0 aliphatic rings. The van der Waals surface area contributed by atoms with Gasteiger partial charge in [-0.1, -0.05) is 18.2 Å². The Kier molecular flexibility index (Phi) is 5.68. The number of amides is 1. The van der Waals surface area contributed by atoms with Crippen molar-refractivity contribution in [3.8, 4) is 11.1 Å². The molecule has 1 amide bonds. The smallest absolute Gasteiger partial charge is 0.412 e. The third kappa shape index (κ3) is 4.93. The van der Waals surface area contributed by atoms with Gasteiger partial charge in [0.1, 0.15) is 17.1 Å². The zero-order chi connectivity index (χ0) is 20.4. The van der Waals surface area contributed by atoms with Crippen LogP contribution in [-0.4, -0.2) is 30.7 Å². The summed E-state index contributed by atoms with van der Waals surface area (Å²) in [7, 11) is 3.45. The lowest BCUT2D eigenvalue weighted by Crippen LogP contribution is -2.27. The van der Waals surface area contributed by atoms with Gasteiger partial charge >= 0.3 is 6.09 Å². The van der Waals surface area contributed by atoms with Crippen LogP contribution in [0.5, 0.6) is 0 Å². The molecule has 2 aromatic rings. The van der Waals surface area contributed by atoms with Crippen LogP contribution in [0.15, 0.2) is 36.4 Å². The molecular formula is C19H22FN3O4. The van der Waals surface area contributed by atoms with Gasteiger partial charge in [-0.3, -0.25) is 15.4 Å². The van der Waals surface area contributed by atoms with Gasteiger partial charge in [0.25, 0.3) is 5.69 Å². The molecule has 2 rings (SSSR count). The maximum absolute atomic E-state index is 14.3. The fourth-order valence-electron chi connectivity index (χ4n) is 2.51. The number of benzene rings is 2. The zero-order valence-corrected chi connectivity index (χ0v) is 15.9. The maximum Gasteiger partial charge on any atom is 0.412 e. The van der Waals surface area contributed by atoms with Crippen molar-refractivity contribution in [2.24, 2.45) is 0 Å². The molecule has 27 heavy (non-hydrogen) atoms. The van der Waals surface area contributed by atoms with Gasteiger partial charge in [0.05, 0.1) is 4.92 Å². The van der Waals surface area contributed by atoms with Gasteiger partial charge in [-0.25, -0.2) is 9.18 Å². The SMILES string of the molecule is CN(C)c1cc(NC(=O)OC(C)(C)C)c([N+](=O)[O-])cc1-c1ccccc1F. The van der Waals surface area contributed by atoms with Gasteiger partial charge in [0.15, 0.2) is 0 Å². The Morgan fingerprint density at radius 1 is 1.19 bits per heavy atom. The highest BCUT2D eigenvalue weighted by Gasteiger charge is 2.24. The van der Waals surface area contributed by atoms with Crippen molar-refractivity contribution < 1.29 is 18.8 Å². The minimum Gasteiger partial charge on any atom is -0.444 e. The number of anilines is 2. The summed E-state index contributed by atoms with van der Waals surface area (Å²) in [6.07, 6.45) is -0.811. The average molecular weight is 375 g/mol. The molecular weight excluding hydrogens is 353 g/mol. The van der Waals surface area contributed by atoms with Gasteiger partial charge in [0, 0.05) is 37.0 Å². The fraction of sp³-hybridized carbons (Fsp3) is 0.316.